The van der Waals surface area contributed by atoms with Gasteiger partial charge < -0.3 is 10.4 Å². The van der Waals surface area contributed by atoms with E-state index in [0.29, 0.717) is 16.9 Å². The summed E-state index contributed by atoms with van der Waals surface area (Å²) in [4.78, 5) is 8.82. The molecule has 0 fully saturated rings. The van der Waals surface area contributed by atoms with E-state index in [1.54, 1.807) is 24.5 Å². The van der Waals surface area contributed by atoms with Crippen molar-refractivity contribution in [1.29, 1.82) is 0 Å². The molecule has 130 valence electrons. The monoisotopic (exact) mass is 472 g/mol. The summed E-state index contributed by atoms with van der Waals surface area (Å²) in [6.07, 6.45) is 5.23. The number of aromatic nitrogens is 3. The fourth-order valence-electron chi connectivity index (χ4n) is 2.76. The Kier molecular flexibility index (Phi) is 4.42. The minimum Gasteiger partial charge on any atom is -0.507 e. The summed E-state index contributed by atoms with van der Waals surface area (Å²) in [5.74, 6) is 0.913. The van der Waals surface area contributed by atoms with Crippen LogP contribution in [-0.2, 0) is 0 Å². The lowest BCUT2D eigenvalue weighted by molar-refractivity contribution is 0.477. The van der Waals surface area contributed by atoms with Gasteiger partial charge in [-0.05, 0) is 58.7 Å². The first-order valence-corrected chi connectivity index (χ1v) is 9.45. The Bertz CT molecular complexity index is 1120. The standard InChI is InChI=1S/C19H14Br2N4O/c1-11-2-4-15(14(21)8-11)23-19-18(13-9-12(20)3-5-16(13)26)24-17-10-22-6-7-25(17)19/h2-10,23,26H,1H3. The maximum atomic E-state index is 10.4. The van der Waals surface area contributed by atoms with Crippen LogP contribution in [0.1, 0.15) is 5.56 Å². The van der Waals surface area contributed by atoms with Gasteiger partial charge in [0.05, 0.1) is 11.9 Å². The van der Waals surface area contributed by atoms with Gasteiger partial charge in [-0.15, -0.1) is 0 Å². The van der Waals surface area contributed by atoms with Crippen LogP contribution < -0.4 is 5.32 Å². The lowest BCUT2D eigenvalue weighted by Gasteiger charge is -2.12. The Hall–Kier alpha value is -2.38. The number of nitrogens with one attached hydrogen (secondary N) is 1. The summed E-state index contributed by atoms with van der Waals surface area (Å²) in [7, 11) is 0. The molecule has 2 aromatic heterocycles. The third-order valence-electron chi connectivity index (χ3n) is 4.02. The lowest BCUT2D eigenvalue weighted by atomic mass is 10.1. The van der Waals surface area contributed by atoms with Crippen molar-refractivity contribution in [3.05, 3.63) is 69.5 Å². The molecule has 0 unspecified atom stereocenters. The molecule has 0 saturated heterocycles. The van der Waals surface area contributed by atoms with E-state index in [1.165, 1.54) is 0 Å². The molecule has 2 heterocycles. The Morgan fingerprint density at radius 1 is 1.12 bits per heavy atom. The fourth-order valence-corrected chi connectivity index (χ4v) is 3.71. The number of aryl methyl sites for hydroxylation is 1. The van der Waals surface area contributed by atoms with E-state index >= 15 is 0 Å². The highest BCUT2D eigenvalue weighted by Gasteiger charge is 2.18. The minimum absolute atomic E-state index is 0.163. The topological polar surface area (TPSA) is 62.5 Å². The molecule has 0 radical (unpaired) electrons. The van der Waals surface area contributed by atoms with Gasteiger partial charge in [0, 0.05) is 26.9 Å². The average Bonchev–Trinajstić information content (AvgIpc) is 2.98. The van der Waals surface area contributed by atoms with E-state index in [2.05, 4.69) is 47.1 Å². The van der Waals surface area contributed by atoms with Crippen molar-refractivity contribution in [3.8, 4) is 17.0 Å². The first kappa shape index (κ1) is 17.1. The predicted molar refractivity (Wildman–Crippen MR) is 110 cm³/mol. The minimum atomic E-state index is 0.163. The van der Waals surface area contributed by atoms with Gasteiger partial charge in [0.2, 0.25) is 0 Å². The van der Waals surface area contributed by atoms with Crippen molar-refractivity contribution in [3.63, 3.8) is 0 Å². The molecule has 0 amide bonds. The highest BCUT2D eigenvalue weighted by atomic mass is 79.9. The van der Waals surface area contributed by atoms with Crippen LogP contribution in [0.15, 0.2) is 63.9 Å². The summed E-state index contributed by atoms with van der Waals surface area (Å²) < 4.78 is 3.73. The molecular formula is C19H14Br2N4O. The van der Waals surface area contributed by atoms with Crippen LogP contribution in [0.25, 0.3) is 16.9 Å². The van der Waals surface area contributed by atoms with E-state index in [1.807, 2.05) is 41.8 Å². The van der Waals surface area contributed by atoms with Gasteiger partial charge in [-0.2, -0.15) is 0 Å². The number of aromatic hydroxyl groups is 1. The maximum absolute atomic E-state index is 10.4. The Balaban J connectivity index is 1.93. The Labute approximate surface area is 167 Å². The number of rotatable bonds is 3. The number of nitrogens with zero attached hydrogens (tertiary/aromatic N) is 3. The van der Waals surface area contributed by atoms with E-state index in [9.17, 15) is 5.11 Å². The van der Waals surface area contributed by atoms with Gasteiger partial charge in [0.1, 0.15) is 17.3 Å². The third-order valence-corrected chi connectivity index (χ3v) is 5.17. The van der Waals surface area contributed by atoms with Crippen LogP contribution in [0.3, 0.4) is 0 Å². The number of phenols is 1. The molecule has 0 spiro atoms. The molecule has 5 nitrogen and oxygen atoms in total. The van der Waals surface area contributed by atoms with Gasteiger partial charge in [-0.1, -0.05) is 22.0 Å². The number of fused-ring (bicyclic) bond motifs is 1. The smallest absolute Gasteiger partial charge is 0.157 e. The zero-order valence-corrected chi connectivity index (χ0v) is 16.9. The van der Waals surface area contributed by atoms with Crippen LogP contribution in [0.2, 0.25) is 0 Å². The second-order valence-electron chi connectivity index (χ2n) is 5.88. The van der Waals surface area contributed by atoms with Crippen LogP contribution in [0.5, 0.6) is 5.75 Å². The van der Waals surface area contributed by atoms with Crippen molar-refractivity contribution < 1.29 is 5.11 Å². The quantitative estimate of drug-likeness (QED) is 0.401. The molecule has 4 rings (SSSR count). The summed E-state index contributed by atoms with van der Waals surface area (Å²) in [5.41, 5.74) is 4.03. The molecular weight excluding hydrogens is 460 g/mol. The van der Waals surface area contributed by atoms with E-state index in [4.69, 9.17) is 0 Å². The number of benzene rings is 2. The normalized spacial score (nSPS) is 11.0. The zero-order chi connectivity index (χ0) is 18.3. The van der Waals surface area contributed by atoms with Gasteiger partial charge >= 0.3 is 0 Å². The Morgan fingerprint density at radius 3 is 2.77 bits per heavy atom. The van der Waals surface area contributed by atoms with Crippen molar-refractivity contribution in [2.45, 2.75) is 6.92 Å². The van der Waals surface area contributed by atoms with E-state index < -0.39 is 0 Å². The van der Waals surface area contributed by atoms with Crippen molar-refractivity contribution in [2.24, 2.45) is 0 Å². The number of anilines is 2. The van der Waals surface area contributed by atoms with Gasteiger partial charge in [-0.25, -0.2) is 4.98 Å². The molecule has 2 aromatic carbocycles. The van der Waals surface area contributed by atoms with Crippen molar-refractivity contribution in [1.82, 2.24) is 14.4 Å². The number of hydrogen-bond donors (Lipinski definition) is 2. The highest BCUT2D eigenvalue weighted by Crippen LogP contribution is 2.38. The molecule has 0 atom stereocenters. The second-order valence-corrected chi connectivity index (χ2v) is 7.65. The number of phenolic OH excluding ortho intramolecular Hbond substituents is 1. The summed E-state index contributed by atoms with van der Waals surface area (Å²) in [6.45, 7) is 2.04. The van der Waals surface area contributed by atoms with Gasteiger partial charge in [0.15, 0.2) is 5.65 Å². The summed E-state index contributed by atoms with van der Waals surface area (Å²) in [5, 5.41) is 13.8. The van der Waals surface area contributed by atoms with Gasteiger partial charge in [-0.3, -0.25) is 9.38 Å². The molecule has 26 heavy (non-hydrogen) atoms. The second kappa shape index (κ2) is 6.74. The number of imidazole rings is 1. The zero-order valence-electron chi connectivity index (χ0n) is 13.7. The molecule has 0 bridgehead atoms. The first-order chi connectivity index (χ1) is 12.5. The average molecular weight is 474 g/mol. The molecule has 0 aliphatic rings. The van der Waals surface area contributed by atoms with Crippen molar-refractivity contribution >= 4 is 49.0 Å². The van der Waals surface area contributed by atoms with E-state index in [-0.39, 0.29) is 5.75 Å². The fraction of sp³-hybridized carbons (Fsp3) is 0.0526. The van der Waals surface area contributed by atoms with Crippen LogP contribution in [-0.4, -0.2) is 19.5 Å². The number of halogens is 2. The summed E-state index contributed by atoms with van der Waals surface area (Å²) >= 11 is 7.06. The Morgan fingerprint density at radius 2 is 1.96 bits per heavy atom. The molecule has 0 aliphatic carbocycles. The van der Waals surface area contributed by atoms with Crippen LogP contribution in [0, 0.1) is 6.92 Å². The van der Waals surface area contributed by atoms with Crippen LogP contribution >= 0.6 is 31.9 Å². The van der Waals surface area contributed by atoms with E-state index in [0.717, 1.165) is 26.0 Å². The molecule has 4 aromatic rings. The largest absolute Gasteiger partial charge is 0.507 e. The molecule has 2 N–H and O–H groups in total. The van der Waals surface area contributed by atoms with Crippen LogP contribution in [0.4, 0.5) is 11.5 Å². The molecule has 7 heteroatoms. The molecule has 0 aliphatic heterocycles. The lowest BCUT2D eigenvalue weighted by Crippen LogP contribution is -1.98. The number of hydrogen-bond acceptors (Lipinski definition) is 4. The predicted octanol–water partition coefficient (Wildman–Crippen LogP) is 5.68. The maximum Gasteiger partial charge on any atom is 0.157 e. The van der Waals surface area contributed by atoms with Gasteiger partial charge in [0.25, 0.3) is 0 Å². The third kappa shape index (κ3) is 3.08. The highest BCUT2D eigenvalue weighted by molar-refractivity contribution is 9.10. The molecule has 0 saturated carbocycles. The SMILES string of the molecule is Cc1ccc(Nc2c(-c3cc(Br)ccc3O)nc3cnccn23)c(Br)c1. The summed E-state index contributed by atoms with van der Waals surface area (Å²) in [6, 6.07) is 11.4. The first-order valence-electron chi connectivity index (χ1n) is 7.87. The van der Waals surface area contributed by atoms with Crippen molar-refractivity contribution in [2.75, 3.05) is 5.32 Å².